The van der Waals surface area contributed by atoms with E-state index in [1.165, 1.54) is 6.20 Å². The van der Waals surface area contributed by atoms with Crippen LogP contribution in [0, 0.1) is 13.8 Å². The molecule has 0 atom stereocenters. The predicted octanol–water partition coefficient (Wildman–Crippen LogP) is 2.39. The van der Waals surface area contributed by atoms with Crippen molar-refractivity contribution in [3.63, 3.8) is 0 Å². The summed E-state index contributed by atoms with van der Waals surface area (Å²) in [5, 5.41) is 0.0898. The highest BCUT2D eigenvalue weighted by Crippen LogP contribution is 2.22. The zero-order valence-electron chi connectivity index (χ0n) is 11.2. The van der Waals surface area contributed by atoms with E-state index >= 15 is 0 Å². The maximum absolute atomic E-state index is 12.3. The van der Waals surface area contributed by atoms with Crippen LogP contribution >= 0.6 is 0 Å². The minimum Gasteiger partial charge on any atom is -0.332 e. The zero-order chi connectivity index (χ0) is 14.0. The summed E-state index contributed by atoms with van der Waals surface area (Å²) in [6.07, 6.45) is 2.01. The Morgan fingerprint density at radius 2 is 1.89 bits per heavy atom. The van der Waals surface area contributed by atoms with Gasteiger partial charge in [-0.25, -0.2) is 4.98 Å². The SMILES string of the molecule is CCc1ncc(S(=O)(=O)Nc2c(C)cccc2C)[nH]1. The van der Waals surface area contributed by atoms with Crippen molar-refractivity contribution in [3.8, 4) is 0 Å². The topological polar surface area (TPSA) is 74.8 Å². The molecular formula is C13H17N3O2S. The van der Waals surface area contributed by atoms with Gasteiger partial charge in [0, 0.05) is 6.42 Å². The zero-order valence-corrected chi connectivity index (χ0v) is 12.0. The van der Waals surface area contributed by atoms with Crippen LogP contribution in [0.15, 0.2) is 29.4 Å². The van der Waals surface area contributed by atoms with Crippen LogP contribution in [0.1, 0.15) is 23.9 Å². The van der Waals surface area contributed by atoms with Gasteiger partial charge >= 0.3 is 0 Å². The maximum atomic E-state index is 12.3. The fourth-order valence-electron chi connectivity index (χ4n) is 1.82. The van der Waals surface area contributed by atoms with E-state index in [0.717, 1.165) is 11.1 Å². The molecule has 2 N–H and O–H groups in total. The molecule has 2 aromatic rings. The van der Waals surface area contributed by atoms with Crippen LogP contribution in [0.5, 0.6) is 0 Å². The summed E-state index contributed by atoms with van der Waals surface area (Å²) in [6, 6.07) is 5.64. The second kappa shape index (κ2) is 5.05. The normalized spacial score (nSPS) is 11.5. The number of benzene rings is 1. The summed E-state index contributed by atoms with van der Waals surface area (Å²) in [7, 11) is -3.62. The third-order valence-electron chi connectivity index (χ3n) is 2.95. The molecular weight excluding hydrogens is 262 g/mol. The molecule has 6 heteroatoms. The van der Waals surface area contributed by atoms with Gasteiger partial charge in [-0.3, -0.25) is 4.72 Å². The first-order valence-electron chi connectivity index (χ1n) is 6.07. The van der Waals surface area contributed by atoms with Crippen molar-refractivity contribution < 1.29 is 8.42 Å². The lowest BCUT2D eigenvalue weighted by Crippen LogP contribution is -2.15. The predicted molar refractivity (Wildman–Crippen MR) is 74.7 cm³/mol. The number of hydrogen-bond donors (Lipinski definition) is 2. The van der Waals surface area contributed by atoms with Crippen LogP contribution < -0.4 is 4.72 Å². The Kier molecular flexibility index (Phi) is 3.61. The summed E-state index contributed by atoms with van der Waals surface area (Å²) < 4.78 is 27.1. The van der Waals surface area contributed by atoms with Crippen molar-refractivity contribution in [2.75, 3.05) is 4.72 Å². The van der Waals surface area contributed by atoms with E-state index in [1.807, 2.05) is 39.0 Å². The van der Waals surface area contributed by atoms with E-state index in [9.17, 15) is 8.42 Å². The highest BCUT2D eigenvalue weighted by atomic mass is 32.2. The lowest BCUT2D eigenvalue weighted by molar-refractivity contribution is 0.598. The van der Waals surface area contributed by atoms with Gasteiger partial charge in [0.1, 0.15) is 5.82 Å². The van der Waals surface area contributed by atoms with Gasteiger partial charge in [0.05, 0.1) is 11.9 Å². The molecule has 0 aliphatic rings. The first-order valence-corrected chi connectivity index (χ1v) is 7.55. The molecule has 0 unspecified atom stereocenters. The molecule has 0 saturated carbocycles. The molecule has 0 spiro atoms. The quantitative estimate of drug-likeness (QED) is 0.902. The van der Waals surface area contributed by atoms with E-state index < -0.39 is 10.0 Å². The summed E-state index contributed by atoms with van der Waals surface area (Å²) >= 11 is 0. The molecule has 0 aliphatic heterocycles. The van der Waals surface area contributed by atoms with Crippen LogP contribution in [0.2, 0.25) is 0 Å². The van der Waals surface area contributed by atoms with Crippen LogP contribution in [0.25, 0.3) is 0 Å². The van der Waals surface area contributed by atoms with Gasteiger partial charge < -0.3 is 4.98 Å². The van der Waals surface area contributed by atoms with Crippen molar-refractivity contribution in [3.05, 3.63) is 41.3 Å². The van der Waals surface area contributed by atoms with Crippen molar-refractivity contribution in [1.82, 2.24) is 9.97 Å². The molecule has 5 nitrogen and oxygen atoms in total. The number of hydrogen-bond acceptors (Lipinski definition) is 3. The Balaban J connectivity index is 2.36. The Morgan fingerprint density at radius 1 is 1.26 bits per heavy atom. The van der Waals surface area contributed by atoms with Gasteiger partial charge in [0.15, 0.2) is 5.03 Å². The van der Waals surface area contributed by atoms with Gasteiger partial charge in [-0.15, -0.1) is 0 Å². The second-order valence-electron chi connectivity index (χ2n) is 4.42. The Bertz CT molecular complexity index is 669. The van der Waals surface area contributed by atoms with Gasteiger partial charge in [-0.05, 0) is 25.0 Å². The summed E-state index contributed by atoms with van der Waals surface area (Å²) in [5.41, 5.74) is 2.40. The van der Waals surface area contributed by atoms with Crippen LogP contribution in [-0.2, 0) is 16.4 Å². The molecule has 1 aromatic carbocycles. The molecule has 1 heterocycles. The van der Waals surface area contributed by atoms with Crippen LogP contribution in [0.4, 0.5) is 5.69 Å². The fraction of sp³-hybridized carbons (Fsp3) is 0.308. The fourth-order valence-corrected chi connectivity index (χ4v) is 2.97. The number of anilines is 1. The van der Waals surface area contributed by atoms with E-state index in [1.54, 1.807) is 0 Å². The summed E-state index contributed by atoms with van der Waals surface area (Å²) in [6.45, 7) is 5.65. The molecule has 0 bridgehead atoms. The lowest BCUT2D eigenvalue weighted by atomic mass is 10.1. The lowest BCUT2D eigenvalue weighted by Gasteiger charge is -2.11. The number of rotatable bonds is 4. The third-order valence-corrected chi connectivity index (χ3v) is 4.21. The number of aryl methyl sites for hydroxylation is 3. The van der Waals surface area contributed by atoms with Gasteiger partial charge in [-0.1, -0.05) is 25.1 Å². The van der Waals surface area contributed by atoms with Gasteiger partial charge in [0.2, 0.25) is 0 Å². The van der Waals surface area contributed by atoms with Crippen molar-refractivity contribution in [2.24, 2.45) is 0 Å². The molecule has 2 rings (SSSR count). The highest BCUT2D eigenvalue weighted by molar-refractivity contribution is 7.92. The molecule has 0 radical (unpaired) electrons. The van der Waals surface area contributed by atoms with E-state index in [-0.39, 0.29) is 5.03 Å². The van der Waals surface area contributed by atoms with Gasteiger partial charge in [-0.2, -0.15) is 8.42 Å². The second-order valence-corrected chi connectivity index (χ2v) is 6.07. The Morgan fingerprint density at radius 3 is 2.42 bits per heavy atom. The van der Waals surface area contributed by atoms with Gasteiger partial charge in [0.25, 0.3) is 10.0 Å². The van der Waals surface area contributed by atoms with E-state index in [0.29, 0.717) is 17.9 Å². The Hall–Kier alpha value is -1.82. The first-order chi connectivity index (χ1) is 8.94. The largest absolute Gasteiger partial charge is 0.332 e. The number of imidazole rings is 1. The molecule has 102 valence electrons. The number of sulfonamides is 1. The van der Waals surface area contributed by atoms with Crippen molar-refractivity contribution in [2.45, 2.75) is 32.2 Å². The van der Waals surface area contributed by atoms with E-state index in [4.69, 9.17) is 0 Å². The molecule has 0 fully saturated rings. The minimum atomic E-state index is -3.62. The number of H-pyrrole nitrogens is 1. The third kappa shape index (κ3) is 2.78. The molecule has 1 aromatic heterocycles. The van der Waals surface area contributed by atoms with Crippen LogP contribution in [0.3, 0.4) is 0 Å². The molecule has 0 aliphatic carbocycles. The Labute approximate surface area is 113 Å². The number of para-hydroxylation sites is 1. The highest BCUT2D eigenvalue weighted by Gasteiger charge is 2.18. The molecule has 0 saturated heterocycles. The number of nitrogens with one attached hydrogen (secondary N) is 2. The molecule has 0 amide bonds. The maximum Gasteiger partial charge on any atom is 0.279 e. The number of nitrogens with zero attached hydrogens (tertiary/aromatic N) is 1. The number of aromatic amines is 1. The van der Waals surface area contributed by atoms with Crippen molar-refractivity contribution >= 4 is 15.7 Å². The van der Waals surface area contributed by atoms with Crippen LogP contribution in [-0.4, -0.2) is 18.4 Å². The monoisotopic (exact) mass is 279 g/mol. The smallest absolute Gasteiger partial charge is 0.279 e. The molecule has 19 heavy (non-hydrogen) atoms. The van der Waals surface area contributed by atoms with Crippen molar-refractivity contribution in [1.29, 1.82) is 0 Å². The summed E-state index contributed by atoms with van der Waals surface area (Å²) in [5.74, 6) is 0.655. The first kappa shape index (κ1) is 13.6. The number of aromatic nitrogens is 2. The van der Waals surface area contributed by atoms with E-state index in [2.05, 4.69) is 14.7 Å². The average Bonchev–Trinajstić information content (AvgIpc) is 2.83. The standard InChI is InChI=1S/C13H17N3O2S/c1-4-11-14-8-12(15-11)19(17,18)16-13-9(2)6-5-7-10(13)3/h5-8,16H,4H2,1-3H3,(H,14,15). The summed E-state index contributed by atoms with van der Waals surface area (Å²) in [4.78, 5) is 6.81. The average molecular weight is 279 g/mol. The minimum absolute atomic E-state index is 0.0898.